The Bertz CT molecular complexity index is 637. The van der Waals surface area contributed by atoms with E-state index >= 15 is 0 Å². The Balaban J connectivity index is 1.67. The average molecular weight is 339 g/mol. The van der Waals surface area contributed by atoms with Crippen LogP contribution in [0, 0.1) is 6.92 Å². The van der Waals surface area contributed by atoms with Crippen LogP contribution >= 0.6 is 0 Å². The number of benzene rings is 2. The molecule has 1 aliphatic heterocycles. The van der Waals surface area contributed by atoms with Crippen LogP contribution in [0.4, 0.5) is 0 Å². The van der Waals surface area contributed by atoms with Gasteiger partial charge in [0.15, 0.2) is 0 Å². The Kier molecular flexibility index (Phi) is 6.62. The first-order valence-electron chi connectivity index (χ1n) is 9.36. The second kappa shape index (κ2) is 9.14. The van der Waals surface area contributed by atoms with E-state index in [0.29, 0.717) is 13.2 Å². The molecule has 0 amide bonds. The van der Waals surface area contributed by atoms with Gasteiger partial charge in [-0.2, -0.15) is 0 Å². The summed E-state index contributed by atoms with van der Waals surface area (Å²) >= 11 is 0. The molecule has 1 aliphatic rings. The van der Waals surface area contributed by atoms with Gasteiger partial charge < -0.3 is 14.7 Å². The van der Waals surface area contributed by atoms with Gasteiger partial charge in [0.05, 0.1) is 12.7 Å². The van der Waals surface area contributed by atoms with Crippen molar-refractivity contribution in [3.8, 4) is 0 Å². The van der Waals surface area contributed by atoms with Crippen LogP contribution in [0.2, 0.25) is 0 Å². The molecule has 0 aliphatic carbocycles. The van der Waals surface area contributed by atoms with E-state index in [2.05, 4.69) is 36.1 Å². The number of hydrogen-bond donors (Lipinski definition) is 1. The molecular weight excluding hydrogens is 310 g/mol. The van der Waals surface area contributed by atoms with Crippen molar-refractivity contribution in [2.45, 2.75) is 38.4 Å². The van der Waals surface area contributed by atoms with Gasteiger partial charge in [0.1, 0.15) is 6.10 Å². The van der Waals surface area contributed by atoms with Gasteiger partial charge in [-0.25, -0.2) is 0 Å². The fourth-order valence-electron chi connectivity index (χ4n) is 3.57. The molecule has 0 radical (unpaired) electrons. The molecule has 1 N–H and O–H groups in total. The highest BCUT2D eigenvalue weighted by molar-refractivity contribution is 5.35. The minimum Gasteiger partial charge on any atom is -0.389 e. The summed E-state index contributed by atoms with van der Waals surface area (Å²) in [6.07, 6.45) is 3.20. The number of aryl methyl sites for hydroxylation is 1. The molecule has 1 fully saturated rings. The fourth-order valence-corrected chi connectivity index (χ4v) is 3.57. The molecule has 0 bridgehead atoms. The lowest BCUT2D eigenvalue weighted by molar-refractivity contribution is -0.0106. The van der Waals surface area contributed by atoms with Crippen LogP contribution in [0.15, 0.2) is 54.6 Å². The van der Waals surface area contributed by atoms with Gasteiger partial charge >= 0.3 is 0 Å². The van der Waals surface area contributed by atoms with Crippen LogP contribution in [0.3, 0.4) is 0 Å². The maximum Gasteiger partial charge on any atom is 0.108 e. The van der Waals surface area contributed by atoms with Gasteiger partial charge in [-0.05, 0) is 49.5 Å². The normalized spacial score (nSPS) is 18.0. The number of aliphatic hydroxyl groups is 1. The Hall–Kier alpha value is -1.68. The summed E-state index contributed by atoms with van der Waals surface area (Å²) in [5.41, 5.74) is 3.50. The second-order valence-electron chi connectivity index (χ2n) is 7.00. The number of piperidine rings is 1. The molecule has 2 aromatic rings. The summed E-state index contributed by atoms with van der Waals surface area (Å²) in [6, 6.07) is 18.6. The van der Waals surface area contributed by atoms with Crippen molar-refractivity contribution in [3.63, 3.8) is 0 Å². The van der Waals surface area contributed by atoms with Gasteiger partial charge in [0, 0.05) is 6.54 Å². The van der Waals surface area contributed by atoms with E-state index in [9.17, 15) is 5.11 Å². The highest BCUT2D eigenvalue weighted by atomic mass is 16.5. The third kappa shape index (κ3) is 5.15. The molecule has 2 unspecified atom stereocenters. The first kappa shape index (κ1) is 18.1. The standard InChI is InChI=1S/C22H29NO2/c1-18-10-6-7-13-21(18)22(19-11-4-2-5-12-19)25-17-20(24)16-23-14-8-3-9-15-23/h2,4-7,10-13,20,22,24H,3,8-9,14-17H2,1H3. The predicted octanol–water partition coefficient (Wildman–Crippen LogP) is 3.95. The summed E-state index contributed by atoms with van der Waals surface area (Å²) in [5, 5.41) is 10.4. The van der Waals surface area contributed by atoms with Gasteiger partial charge in [-0.3, -0.25) is 0 Å². The van der Waals surface area contributed by atoms with Crippen molar-refractivity contribution in [1.82, 2.24) is 4.90 Å². The number of hydrogen-bond acceptors (Lipinski definition) is 3. The molecule has 3 nitrogen and oxygen atoms in total. The Labute approximate surface area is 151 Å². The first-order valence-corrected chi connectivity index (χ1v) is 9.36. The second-order valence-corrected chi connectivity index (χ2v) is 7.00. The van der Waals surface area contributed by atoms with Crippen molar-refractivity contribution in [2.24, 2.45) is 0 Å². The molecule has 134 valence electrons. The molecule has 0 saturated carbocycles. The van der Waals surface area contributed by atoms with Gasteiger partial charge in [0.25, 0.3) is 0 Å². The van der Waals surface area contributed by atoms with Crippen molar-refractivity contribution >= 4 is 0 Å². The summed E-state index contributed by atoms with van der Waals surface area (Å²) in [4.78, 5) is 2.35. The van der Waals surface area contributed by atoms with Crippen molar-refractivity contribution < 1.29 is 9.84 Å². The molecule has 3 rings (SSSR count). The van der Waals surface area contributed by atoms with E-state index in [0.717, 1.165) is 18.7 Å². The summed E-state index contributed by atoms with van der Waals surface area (Å²) in [7, 11) is 0. The van der Waals surface area contributed by atoms with E-state index in [4.69, 9.17) is 4.74 Å². The van der Waals surface area contributed by atoms with Crippen molar-refractivity contribution in [3.05, 3.63) is 71.3 Å². The summed E-state index contributed by atoms with van der Waals surface area (Å²) in [6.45, 7) is 5.35. The lowest BCUT2D eigenvalue weighted by Gasteiger charge is -2.29. The Morgan fingerprint density at radius 2 is 1.64 bits per heavy atom. The van der Waals surface area contributed by atoms with Crippen LogP contribution in [0.25, 0.3) is 0 Å². The van der Waals surface area contributed by atoms with Crippen LogP contribution in [-0.2, 0) is 4.74 Å². The molecule has 25 heavy (non-hydrogen) atoms. The maximum atomic E-state index is 10.4. The number of β-amino-alcohol motifs (C(OH)–C–C–N with tert-alkyl or cyclic N) is 1. The van der Waals surface area contributed by atoms with Gasteiger partial charge in [-0.15, -0.1) is 0 Å². The maximum absolute atomic E-state index is 10.4. The highest BCUT2D eigenvalue weighted by Gasteiger charge is 2.20. The molecule has 0 aromatic heterocycles. The largest absolute Gasteiger partial charge is 0.389 e. The fraction of sp³-hybridized carbons (Fsp3) is 0.455. The van der Waals surface area contributed by atoms with E-state index in [1.165, 1.54) is 30.4 Å². The zero-order valence-electron chi connectivity index (χ0n) is 15.1. The lowest BCUT2D eigenvalue weighted by atomic mass is 9.97. The number of nitrogens with zero attached hydrogens (tertiary/aromatic N) is 1. The van der Waals surface area contributed by atoms with Crippen molar-refractivity contribution in [2.75, 3.05) is 26.2 Å². The van der Waals surface area contributed by atoms with E-state index in [1.54, 1.807) is 0 Å². The monoisotopic (exact) mass is 339 g/mol. The smallest absolute Gasteiger partial charge is 0.108 e. The van der Waals surface area contributed by atoms with Crippen molar-refractivity contribution in [1.29, 1.82) is 0 Å². The number of rotatable bonds is 7. The minimum absolute atomic E-state index is 0.140. The Morgan fingerprint density at radius 1 is 0.960 bits per heavy atom. The van der Waals surface area contributed by atoms with E-state index in [-0.39, 0.29) is 6.10 Å². The molecule has 2 aromatic carbocycles. The van der Waals surface area contributed by atoms with E-state index in [1.807, 2.05) is 30.3 Å². The van der Waals surface area contributed by atoms with Crippen LogP contribution < -0.4 is 0 Å². The molecule has 2 atom stereocenters. The minimum atomic E-state index is -0.451. The zero-order valence-corrected chi connectivity index (χ0v) is 15.1. The summed E-state index contributed by atoms with van der Waals surface area (Å²) < 4.78 is 6.22. The number of likely N-dealkylation sites (tertiary alicyclic amines) is 1. The SMILES string of the molecule is Cc1ccccc1C(OCC(O)CN1CCCCC1)c1ccccc1. The predicted molar refractivity (Wildman–Crippen MR) is 102 cm³/mol. The molecular formula is C22H29NO2. The Morgan fingerprint density at radius 3 is 2.36 bits per heavy atom. The molecule has 1 heterocycles. The number of aliphatic hydroxyl groups excluding tert-OH is 1. The third-order valence-corrected chi connectivity index (χ3v) is 4.95. The number of ether oxygens (including phenoxy) is 1. The van der Waals surface area contributed by atoms with E-state index < -0.39 is 6.10 Å². The first-order chi connectivity index (χ1) is 12.2. The summed E-state index contributed by atoms with van der Waals surface area (Å²) in [5.74, 6) is 0. The quantitative estimate of drug-likeness (QED) is 0.829. The third-order valence-electron chi connectivity index (χ3n) is 4.95. The highest BCUT2D eigenvalue weighted by Crippen LogP contribution is 2.28. The average Bonchev–Trinajstić information content (AvgIpc) is 2.65. The van der Waals surface area contributed by atoms with Crippen LogP contribution in [-0.4, -0.2) is 42.4 Å². The molecule has 3 heteroatoms. The van der Waals surface area contributed by atoms with Crippen LogP contribution in [0.1, 0.15) is 42.1 Å². The van der Waals surface area contributed by atoms with Gasteiger partial charge in [0.2, 0.25) is 0 Å². The lowest BCUT2D eigenvalue weighted by Crippen LogP contribution is -2.38. The van der Waals surface area contributed by atoms with Crippen LogP contribution in [0.5, 0.6) is 0 Å². The topological polar surface area (TPSA) is 32.7 Å². The molecule has 0 spiro atoms. The molecule has 1 saturated heterocycles. The van der Waals surface area contributed by atoms with Gasteiger partial charge in [-0.1, -0.05) is 61.0 Å². The zero-order chi connectivity index (χ0) is 17.5.